The average Bonchev–Trinajstić information content (AvgIpc) is 2.43. The molecule has 7 nitrogen and oxygen atoms in total. The van der Waals surface area contributed by atoms with Crippen molar-refractivity contribution in [1.29, 1.82) is 0 Å². The van der Waals surface area contributed by atoms with Gasteiger partial charge in [-0.3, -0.25) is 0 Å². The Kier molecular flexibility index (Phi) is 5.96. The van der Waals surface area contributed by atoms with Gasteiger partial charge in [0, 0.05) is 0 Å². The van der Waals surface area contributed by atoms with Crippen LogP contribution in [0.3, 0.4) is 0 Å². The molecule has 0 aromatic heterocycles. The molecule has 0 bridgehead atoms. The number of carbonyl (C=O) groups is 1. The van der Waals surface area contributed by atoms with Crippen molar-refractivity contribution in [2.24, 2.45) is 0 Å². The summed E-state index contributed by atoms with van der Waals surface area (Å²) in [6.45, 7) is 1.52. The van der Waals surface area contributed by atoms with Gasteiger partial charge in [0.15, 0.2) is 4.90 Å². The molecule has 0 spiro atoms. The van der Waals surface area contributed by atoms with Crippen molar-refractivity contribution in [2.75, 3.05) is 13.3 Å². The number of carbonyl (C=O) groups excluding carboxylic acids is 1. The maximum Gasteiger partial charge on any atom is 0.342 e. The van der Waals surface area contributed by atoms with E-state index in [-0.39, 0.29) is 9.79 Å². The average molecular weight is 320 g/mol. The third-order valence-corrected chi connectivity index (χ3v) is 4.83. The normalized spacial score (nSPS) is 14.6. The minimum atomic E-state index is -4.09. The molecule has 0 saturated carbocycles. The third-order valence-electron chi connectivity index (χ3n) is 2.49. The predicted molar refractivity (Wildman–Crippen MR) is 73.7 cm³/mol. The quantitative estimate of drug-likeness (QED) is 0.554. The zero-order chi connectivity index (χ0) is 15.3. The Morgan fingerprint density at radius 2 is 2.00 bits per heavy atom. The maximum atomic E-state index is 12.0. The van der Waals surface area contributed by atoms with Crippen molar-refractivity contribution in [1.82, 2.24) is 10.2 Å². The first-order chi connectivity index (χ1) is 9.29. The summed E-state index contributed by atoms with van der Waals surface area (Å²) < 4.78 is 35.6. The lowest BCUT2D eigenvalue weighted by molar-refractivity contribution is -0.149. The second kappa shape index (κ2) is 7.04. The van der Waals surface area contributed by atoms with E-state index in [1.165, 1.54) is 38.4 Å². The molecule has 2 N–H and O–H groups in total. The fourth-order valence-electron chi connectivity index (χ4n) is 1.26. The molecule has 0 aliphatic rings. The van der Waals surface area contributed by atoms with Gasteiger partial charge in [-0.1, -0.05) is 12.1 Å². The van der Waals surface area contributed by atoms with Gasteiger partial charge in [0.2, 0.25) is 0 Å². The van der Waals surface area contributed by atoms with Gasteiger partial charge in [0.05, 0.1) is 0 Å². The molecule has 0 aliphatic heterocycles. The highest BCUT2D eigenvalue weighted by atomic mass is 32.2. The first kappa shape index (κ1) is 16.9. The lowest BCUT2D eigenvalue weighted by Gasteiger charge is -2.13. The number of nitrogens with one attached hydrogen (secondary N) is 2. The Morgan fingerprint density at radius 1 is 1.40 bits per heavy atom. The molecule has 1 aromatic rings. The molecule has 9 heteroatoms. The van der Waals surface area contributed by atoms with Gasteiger partial charge >= 0.3 is 5.97 Å². The number of likely N-dealkylation sites (N-methyl/N-ethyl adjacent to an activating group) is 1. The maximum absolute atomic E-state index is 12.0. The summed E-state index contributed by atoms with van der Waals surface area (Å²) in [5, 5.41) is 2.61. The van der Waals surface area contributed by atoms with E-state index in [0.29, 0.717) is 0 Å². The Balaban J connectivity index is 2.93. The molecule has 112 valence electrons. The van der Waals surface area contributed by atoms with E-state index in [1.54, 1.807) is 11.0 Å². The van der Waals surface area contributed by atoms with Gasteiger partial charge in [-0.05, 0) is 42.2 Å². The Morgan fingerprint density at radius 3 is 2.55 bits per heavy atom. The van der Waals surface area contributed by atoms with Crippen molar-refractivity contribution in [3.8, 4) is 0 Å². The molecule has 1 aromatic carbocycles. The molecule has 1 rings (SSSR count). The third kappa shape index (κ3) is 4.18. The first-order valence-electron chi connectivity index (χ1n) is 5.62. The van der Waals surface area contributed by atoms with Crippen LogP contribution in [0.2, 0.25) is 0 Å². The van der Waals surface area contributed by atoms with Crippen LogP contribution in [-0.2, 0) is 30.8 Å². The second-order valence-electron chi connectivity index (χ2n) is 3.92. The molecule has 20 heavy (non-hydrogen) atoms. The van der Waals surface area contributed by atoms with Crippen molar-refractivity contribution in [2.45, 2.75) is 22.8 Å². The lowest BCUT2D eigenvalue weighted by Crippen LogP contribution is -2.38. The van der Waals surface area contributed by atoms with E-state index in [2.05, 4.69) is 10.2 Å². The fraction of sp³-hybridized carbons (Fsp3) is 0.364. The van der Waals surface area contributed by atoms with E-state index in [0.717, 1.165) is 0 Å². The van der Waals surface area contributed by atoms with Gasteiger partial charge in [0.1, 0.15) is 17.2 Å². The summed E-state index contributed by atoms with van der Waals surface area (Å²) in [6.07, 6.45) is 1.36. The summed E-state index contributed by atoms with van der Waals surface area (Å²) >= 11 is -1.48. The van der Waals surface area contributed by atoms with E-state index >= 15 is 0 Å². The number of hydrogen-bond acceptors (Lipinski definition) is 6. The minimum absolute atomic E-state index is 0.137. The van der Waals surface area contributed by atoms with E-state index < -0.39 is 33.2 Å². The zero-order valence-electron chi connectivity index (χ0n) is 11.2. The van der Waals surface area contributed by atoms with Crippen LogP contribution in [-0.4, -0.2) is 38.3 Å². The molecule has 0 saturated heterocycles. The molecule has 0 amide bonds. The van der Waals surface area contributed by atoms with Crippen LogP contribution in [0.5, 0.6) is 0 Å². The van der Waals surface area contributed by atoms with Crippen molar-refractivity contribution >= 4 is 27.2 Å². The molecule has 1 unspecified atom stereocenters. The Bertz CT molecular complexity index is 574. The van der Waals surface area contributed by atoms with Crippen LogP contribution in [0.4, 0.5) is 0 Å². The molecule has 0 aliphatic carbocycles. The lowest BCUT2D eigenvalue weighted by atomic mass is 10.4. The molecular formula is C11H16N2O5S2. The summed E-state index contributed by atoms with van der Waals surface area (Å²) in [6, 6.07) is 5.12. The number of rotatable bonds is 6. The van der Waals surface area contributed by atoms with Crippen LogP contribution in [0.15, 0.2) is 34.1 Å². The molecular weight excluding hydrogens is 304 g/mol. The smallest absolute Gasteiger partial charge is 0.342 e. The topological polar surface area (TPSA) is 108 Å². The largest absolute Gasteiger partial charge is 0.612 e. The van der Waals surface area contributed by atoms with Gasteiger partial charge in [-0.15, -0.1) is 0 Å². The minimum Gasteiger partial charge on any atom is -0.612 e. The van der Waals surface area contributed by atoms with Gasteiger partial charge in [-0.25, -0.2) is 13.2 Å². The Hall–Kier alpha value is -1.13. The standard InChI is InChI=1S/C11H16N2O5S2/c1-8(12-2)11(14)18-13-20(16,17)10-7-5-4-6-9(10)19(3)15/h4-8,12-13H,1-3H3/t8-,19?/m1/s1. The summed E-state index contributed by atoms with van der Waals surface area (Å²) in [5.74, 6) is -0.772. The molecule has 0 radical (unpaired) electrons. The van der Waals surface area contributed by atoms with Crippen LogP contribution in [0.1, 0.15) is 6.92 Å². The zero-order valence-corrected chi connectivity index (χ0v) is 12.9. The summed E-state index contributed by atoms with van der Waals surface area (Å²) in [7, 11) is -2.55. The summed E-state index contributed by atoms with van der Waals surface area (Å²) in [4.78, 5) is 17.6. The SMILES string of the molecule is CN[C@H](C)C(=O)ONS(=O)(=O)c1ccccc1[S+](C)[O-]. The van der Waals surface area contributed by atoms with Crippen LogP contribution in [0, 0.1) is 0 Å². The number of sulfonamides is 1. The molecule has 0 heterocycles. The van der Waals surface area contributed by atoms with Crippen LogP contribution in [0.25, 0.3) is 0 Å². The monoisotopic (exact) mass is 320 g/mol. The highest BCUT2D eigenvalue weighted by molar-refractivity contribution is 7.93. The van der Waals surface area contributed by atoms with Gasteiger partial charge in [-0.2, -0.15) is 0 Å². The van der Waals surface area contributed by atoms with Crippen molar-refractivity contribution < 1.29 is 22.6 Å². The van der Waals surface area contributed by atoms with E-state index in [4.69, 9.17) is 0 Å². The van der Waals surface area contributed by atoms with Crippen LogP contribution < -0.4 is 10.2 Å². The highest BCUT2D eigenvalue weighted by Gasteiger charge is 2.25. The van der Waals surface area contributed by atoms with Crippen LogP contribution >= 0.6 is 0 Å². The van der Waals surface area contributed by atoms with Crippen molar-refractivity contribution in [3.63, 3.8) is 0 Å². The first-order valence-corrected chi connectivity index (χ1v) is 8.66. The Labute approximate surface area is 120 Å². The second-order valence-corrected chi connectivity index (χ2v) is 6.88. The van der Waals surface area contributed by atoms with Crippen molar-refractivity contribution in [3.05, 3.63) is 24.3 Å². The van der Waals surface area contributed by atoms with E-state index in [1.807, 2.05) is 0 Å². The number of benzene rings is 1. The molecule has 0 fully saturated rings. The van der Waals surface area contributed by atoms with Gasteiger partial charge in [0.25, 0.3) is 10.0 Å². The fourth-order valence-corrected chi connectivity index (χ4v) is 3.43. The predicted octanol–water partition coefficient (Wildman–Crippen LogP) is -0.232. The van der Waals surface area contributed by atoms with Gasteiger partial charge < -0.3 is 14.7 Å². The molecule has 2 atom stereocenters. The van der Waals surface area contributed by atoms with E-state index in [9.17, 15) is 17.8 Å². The number of hydrogen-bond donors (Lipinski definition) is 2. The summed E-state index contributed by atoms with van der Waals surface area (Å²) in [5.41, 5.74) is 0. The highest BCUT2D eigenvalue weighted by Crippen LogP contribution is 2.20.